The molecule has 0 radical (unpaired) electrons. The van der Waals surface area contributed by atoms with Crippen LogP contribution in [0.4, 0.5) is 0 Å². The van der Waals surface area contributed by atoms with E-state index in [2.05, 4.69) is 10.5 Å². The maximum atomic E-state index is 8.28. The Labute approximate surface area is 76.2 Å². The third-order valence-corrected chi connectivity index (χ3v) is 1.69. The normalized spacial score (nSPS) is 14.4. The molecule has 13 heavy (non-hydrogen) atoms. The van der Waals surface area contributed by atoms with Crippen molar-refractivity contribution < 1.29 is 9.62 Å². The molecule has 0 amide bonds. The molecule has 1 heterocycles. The van der Waals surface area contributed by atoms with Crippen molar-refractivity contribution in [3.05, 3.63) is 24.2 Å². The maximum absolute atomic E-state index is 8.28. The smallest absolute Gasteiger partial charge is 0.153 e. The Balaban J connectivity index is 2.38. The third-order valence-electron chi connectivity index (χ3n) is 1.69. The maximum Gasteiger partial charge on any atom is 0.153 e. The van der Waals surface area contributed by atoms with Crippen LogP contribution >= 0.6 is 0 Å². The summed E-state index contributed by atoms with van der Waals surface area (Å²) >= 11 is 0. The van der Waals surface area contributed by atoms with Crippen molar-refractivity contribution in [1.82, 2.24) is 5.32 Å². The summed E-state index contributed by atoms with van der Waals surface area (Å²) in [6.07, 6.45) is 1.61. The monoisotopic (exact) mass is 183 g/mol. The van der Waals surface area contributed by atoms with E-state index < -0.39 is 0 Å². The summed E-state index contributed by atoms with van der Waals surface area (Å²) in [4.78, 5) is 0. The molecule has 0 saturated carbocycles. The van der Waals surface area contributed by atoms with Crippen molar-refractivity contribution in [1.29, 1.82) is 0 Å². The predicted octanol–water partition coefficient (Wildman–Crippen LogP) is 0.677. The number of amidine groups is 1. The van der Waals surface area contributed by atoms with Crippen LogP contribution in [0.25, 0.3) is 0 Å². The molecule has 0 saturated heterocycles. The second-order valence-electron chi connectivity index (χ2n) is 2.71. The number of oxime groups is 1. The lowest BCUT2D eigenvalue weighted by atomic mass is 10.2. The zero-order valence-electron chi connectivity index (χ0n) is 7.40. The quantitative estimate of drug-likeness (QED) is 0.277. The van der Waals surface area contributed by atoms with Crippen molar-refractivity contribution in [3.8, 4) is 0 Å². The van der Waals surface area contributed by atoms with Crippen molar-refractivity contribution in [3.63, 3.8) is 0 Å². The van der Waals surface area contributed by atoms with Gasteiger partial charge < -0.3 is 20.7 Å². The largest absolute Gasteiger partial charge is 0.468 e. The lowest BCUT2D eigenvalue weighted by Crippen LogP contribution is -2.30. The third kappa shape index (κ3) is 2.79. The van der Waals surface area contributed by atoms with Crippen molar-refractivity contribution in [2.75, 3.05) is 6.54 Å². The van der Waals surface area contributed by atoms with Crippen LogP contribution in [0.3, 0.4) is 0 Å². The van der Waals surface area contributed by atoms with Crippen molar-refractivity contribution in [2.24, 2.45) is 10.9 Å². The molecule has 5 heteroatoms. The minimum atomic E-state index is 0.0512. The predicted molar refractivity (Wildman–Crippen MR) is 48.5 cm³/mol. The number of nitrogens with zero attached hydrogens (tertiary/aromatic N) is 1. The standard InChI is InChI=1S/C8H13N3O2/c1-6(7-3-2-4-13-7)10-5-8(9)11-12/h2-4,6,10,12H,5H2,1H3,(H2,9,11)/t6-/m1/s1. The van der Waals surface area contributed by atoms with Gasteiger partial charge in [0.15, 0.2) is 5.84 Å². The second-order valence-corrected chi connectivity index (χ2v) is 2.71. The Bertz CT molecular complexity index is 269. The molecule has 4 N–H and O–H groups in total. The lowest BCUT2D eigenvalue weighted by Gasteiger charge is -2.09. The van der Waals surface area contributed by atoms with Gasteiger partial charge in [-0.2, -0.15) is 0 Å². The first-order valence-electron chi connectivity index (χ1n) is 3.97. The summed E-state index contributed by atoms with van der Waals surface area (Å²) in [7, 11) is 0. The average Bonchev–Trinajstić information content (AvgIpc) is 2.66. The van der Waals surface area contributed by atoms with Gasteiger partial charge in [-0.3, -0.25) is 0 Å². The highest BCUT2D eigenvalue weighted by Gasteiger charge is 2.07. The summed E-state index contributed by atoms with van der Waals surface area (Å²) in [5.74, 6) is 0.976. The number of furan rings is 1. The van der Waals surface area contributed by atoms with Gasteiger partial charge >= 0.3 is 0 Å². The molecule has 0 fully saturated rings. The molecule has 0 aromatic carbocycles. The Hall–Kier alpha value is -1.49. The fourth-order valence-electron chi connectivity index (χ4n) is 0.931. The van der Waals surface area contributed by atoms with Gasteiger partial charge in [-0.15, -0.1) is 0 Å². The molecule has 0 unspecified atom stereocenters. The van der Waals surface area contributed by atoms with Gasteiger partial charge in [0.05, 0.1) is 18.8 Å². The van der Waals surface area contributed by atoms with Crippen LogP contribution in [0, 0.1) is 0 Å². The van der Waals surface area contributed by atoms with Crippen LogP contribution in [0.15, 0.2) is 28.0 Å². The van der Waals surface area contributed by atoms with E-state index in [1.54, 1.807) is 6.26 Å². The highest BCUT2D eigenvalue weighted by atomic mass is 16.4. The molecule has 1 rings (SSSR count). The van der Waals surface area contributed by atoms with E-state index in [0.29, 0.717) is 6.54 Å². The average molecular weight is 183 g/mol. The number of nitrogens with one attached hydrogen (secondary N) is 1. The van der Waals surface area contributed by atoms with Crippen LogP contribution in [0.2, 0.25) is 0 Å². The summed E-state index contributed by atoms with van der Waals surface area (Å²) in [5, 5.41) is 14.1. The van der Waals surface area contributed by atoms with Gasteiger partial charge in [-0.1, -0.05) is 5.16 Å². The number of rotatable bonds is 4. The molecular weight excluding hydrogens is 170 g/mol. The first-order chi connectivity index (χ1) is 6.24. The molecule has 1 aromatic heterocycles. The van der Waals surface area contributed by atoms with Crippen LogP contribution in [0.1, 0.15) is 18.7 Å². The fourth-order valence-corrected chi connectivity index (χ4v) is 0.931. The zero-order valence-corrected chi connectivity index (χ0v) is 7.40. The minimum absolute atomic E-state index is 0.0512. The molecule has 0 aliphatic carbocycles. The van der Waals surface area contributed by atoms with Gasteiger partial charge in [-0.05, 0) is 19.1 Å². The number of hydrogen-bond acceptors (Lipinski definition) is 4. The molecule has 1 atom stereocenters. The Kier molecular flexibility index (Phi) is 3.33. The lowest BCUT2D eigenvalue weighted by molar-refractivity contribution is 0.316. The summed E-state index contributed by atoms with van der Waals surface area (Å²) in [5.41, 5.74) is 5.28. The van der Waals surface area contributed by atoms with E-state index in [-0.39, 0.29) is 11.9 Å². The SMILES string of the molecule is C[C@@H](NC/C(N)=N/O)c1ccco1. The van der Waals surface area contributed by atoms with Crippen LogP contribution < -0.4 is 11.1 Å². The van der Waals surface area contributed by atoms with Gasteiger partial charge in [0.25, 0.3) is 0 Å². The van der Waals surface area contributed by atoms with Crippen LogP contribution in [-0.4, -0.2) is 17.6 Å². The molecule has 1 aromatic rings. The van der Waals surface area contributed by atoms with Gasteiger partial charge in [0.1, 0.15) is 5.76 Å². The number of nitrogens with two attached hydrogens (primary N) is 1. The van der Waals surface area contributed by atoms with E-state index >= 15 is 0 Å². The first kappa shape index (κ1) is 9.60. The van der Waals surface area contributed by atoms with Crippen LogP contribution in [-0.2, 0) is 0 Å². The molecule has 0 bridgehead atoms. The Morgan fingerprint density at radius 3 is 3.15 bits per heavy atom. The number of hydrogen-bond donors (Lipinski definition) is 3. The minimum Gasteiger partial charge on any atom is -0.468 e. The molecule has 72 valence electrons. The highest BCUT2D eigenvalue weighted by molar-refractivity contribution is 5.81. The Morgan fingerprint density at radius 2 is 2.62 bits per heavy atom. The van der Waals surface area contributed by atoms with E-state index in [1.165, 1.54) is 0 Å². The topological polar surface area (TPSA) is 83.8 Å². The van der Waals surface area contributed by atoms with Crippen molar-refractivity contribution >= 4 is 5.84 Å². The van der Waals surface area contributed by atoms with Crippen molar-refractivity contribution in [2.45, 2.75) is 13.0 Å². The van der Waals surface area contributed by atoms with E-state index in [9.17, 15) is 0 Å². The second kappa shape index (κ2) is 4.51. The molecular formula is C8H13N3O2. The van der Waals surface area contributed by atoms with Crippen LogP contribution in [0.5, 0.6) is 0 Å². The van der Waals surface area contributed by atoms with E-state index in [0.717, 1.165) is 5.76 Å². The van der Waals surface area contributed by atoms with E-state index in [4.69, 9.17) is 15.4 Å². The Morgan fingerprint density at radius 1 is 1.85 bits per heavy atom. The first-order valence-corrected chi connectivity index (χ1v) is 3.97. The summed E-state index contributed by atoms with van der Waals surface area (Å²) < 4.78 is 5.16. The highest BCUT2D eigenvalue weighted by Crippen LogP contribution is 2.11. The molecule has 0 aliphatic heterocycles. The molecule has 5 nitrogen and oxygen atoms in total. The molecule has 0 spiro atoms. The summed E-state index contributed by atoms with van der Waals surface area (Å²) in [6, 6.07) is 3.73. The fraction of sp³-hybridized carbons (Fsp3) is 0.375. The summed E-state index contributed by atoms with van der Waals surface area (Å²) in [6.45, 7) is 2.27. The zero-order chi connectivity index (χ0) is 9.68. The van der Waals surface area contributed by atoms with E-state index in [1.807, 2.05) is 19.1 Å². The van der Waals surface area contributed by atoms with Gasteiger partial charge in [-0.25, -0.2) is 0 Å². The van der Waals surface area contributed by atoms with Gasteiger partial charge in [0.2, 0.25) is 0 Å². The van der Waals surface area contributed by atoms with Gasteiger partial charge in [0, 0.05) is 0 Å². The molecule has 0 aliphatic rings.